The molecule has 138 valence electrons. The van der Waals surface area contributed by atoms with E-state index in [0.29, 0.717) is 18.8 Å². The third-order valence-corrected chi connectivity index (χ3v) is 8.55. The molecule has 0 heterocycles. The first kappa shape index (κ1) is 17.4. The van der Waals surface area contributed by atoms with Gasteiger partial charge in [0.2, 0.25) is 0 Å². The van der Waals surface area contributed by atoms with Gasteiger partial charge in [-0.2, -0.15) is 0 Å². The van der Waals surface area contributed by atoms with Crippen molar-refractivity contribution in [3.05, 3.63) is 24.3 Å². The zero-order valence-electron chi connectivity index (χ0n) is 15.2. The molecular formula is C21H28F2O2. The molecular weight excluding hydrogens is 322 g/mol. The van der Waals surface area contributed by atoms with Gasteiger partial charge in [-0.1, -0.05) is 32.1 Å². The minimum atomic E-state index is -3.12. The lowest BCUT2D eigenvalue weighted by Gasteiger charge is -2.58. The Morgan fingerprint density at radius 2 is 1.92 bits per heavy atom. The van der Waals surface area contributed by atoms with Crippen molar-refractivity contribution < 1.29 is 18.7 Å². The molecule has 3 saturated carbocycles. The number of hydrogen-bond acceptors (Lipinski definition) is 2. The van der Waals surface area contributed by atoms with Crippen LogP contribution in [0.3, 0.4) is 0 Å². The maximum atomic E-state index is 14.8. The smallest absolute Gasteiger partial charge is 0.280 e. The zero-order chi connectivity index (χ0) is 18.3. The summed E-state index contributed by atoms with van der Waals surface area (Å²) in [6.45, 7) is 7.64. The Morgan fingerprint density at radius 3 is 2.60 bits per heavy atom. The highest BCUT2D eigenvalue weighted by Gasteiger charge is 2.73. The normalized spacial score (nSPS) is 51.2. The van der Waals surface area contributed by atoms with Gasteiger partial charge in [-0.15, -0.1) is 0 Å². The Bertz CT molecular complexity index is 669. The summed E-state index contributed by atoms with van der Waals surface area (Å²) in [7, 11) is 0. The molecule has 0 unspecified atom stereocenters. The monoisotopic (exact) mass is 350 g/mol. The van der Waals surface area contributed by atoms with Crippen LogP contribution in [0.1, 0.15) is 58.8 Å². The van der Waals surface area contributed by atoms with E-state index in [1.165, 1.54) is 5.57 Å². The molecule has 0 aromatic rings. The van der Waals surface area contributed by atoms with Crippen LogP contribution in [0.2, 0.25) is 0 Å². The molecule has 4 heteroatoms. The Labute approximate surface area is 148 Å². The molecule has 0 spiro atoms. The molecule has 2 nitrogen and oxygen atoms in total. The molecule has 0 aliphatic heterocycles. The number of fused-ring (bicyclic) bond motifs is 5. The highest BCUT2D eigenvalue weighted by atomic mass is 19.3. The molecule has 25 heavy (non-hydrogen) atoms. The van der Waals surface area contributed by atoms with Gasteiger partial charge >= 0.3 is 0 Å². The number of ketones is 1. The lowest BCUT2D eigenvalue weighted by Crippen LogP contribution is -2.57. The third kappa shape index (κ3) is 1.95. The Balaban J connectivity index is 1.74. The topological polar surface area (TPSA) is 37.3 Å². The van der Waals surface area contributed by atoms with Crippen molar-refractivity contribution >= 4 is 5.78 Å². The highest BCUT2D eigenvalue weighted by molar-refractivity contribution is 5.91. The average Bonchev–Trinajstić information content (AvgIpc) is 2.72. The summed E-state index contributed by atoms with van der Waals surface area (Å²) < 4.78 is 29.6. The molecule has 0 saturated heterocycles. The quantitative estimate of drug-likeness (QED) is 0.697. The first-order chi connectivity index (χ1) is 11.6. The molecule has 1 N–H and O–H groups in total. The fraction of sp³-hybridized carbons (Fsp3) is 0.762. The molecule has 4 rings (SSSR count). The van der Waals surface area contributed by atoms with Crippen LogP contribution in [0.15, 0.2) is 24.3 Å². The second-order valence-corrected chi connectivity index (χ2v) is 9.30. The average molecular weight is 350 g/mol. The van der Waals surface area contributed by atoms with E-state index >= 15 is 0 Å². The highest BCUT2D eigenvalue weighted by Crippen LogP contribution is 2.70. The largest absolute Gasteiger partial charge is 0.379 e. The summed E-state index contributed by atoms with van der Waals surface area (Å²) in [5.41, 5.74) is -1.74. The van der Waals surface area contributed by atoms with Crippen LogP contribution in [0.4, 0.5) is 8.78 Å². The fourth-order valence-corrected chi connectivity index (χ4v) is 6.96. The molecule has 0 amide bonds. The number of rotatable bonds is 1. The minimum absolute atomic E-state index is 0.0394. The van der Waals surface area contributed by atoms with Crippen molar-refractivity contribution in [1.29, 1.82) is 0 Å². The van der Waals surface area contributed by atoms with Gasteiger partial charge < -0.3 is 5.11 Å². The molecule has 0 aromatic heterocycles. The number of carbonyl (C=O) groups excluding carboxylic acids is 1. The van der Waals surface area contributed by atoms with Gasteiger partial charge in [0.15, 0.2) is 11.4 Å². The Morgan fingerprint density at radius 1 is 1.20 bits per heavy atom. The van der Waals surface area contributed by atoms with Crippen LogP contribution < -0.4 is 0 Å². The standard InChI is InChI=1S/C21H28F2O2/c1-4-20(25)19(3)10-8-16-15(17(19)12-21(20,22)23)6-5-13-11-14(24)7-9-18(13,16)2/h4,11,15-17,25H,1,5-10,12H2,2-3H3/t15-,16+,17+,18+,19+,20-/m1/s1. The maximum Gasteiger partial charge on any atom is 0.280 e. The van der Waals surface area contributed by atoms with Crippen molar-refractivity contribution in [1.82, 2.24) is 0 Å². The molecule has 0 bridgehead atoms. The fourth-order valence-electron chi connectivity index (χ4n) is 6.96. The molecule has 6 atom stereocenters. The van der Waals surface area contributed by atoms with E-state index in [1.54, 1.807) is 0 Å². The summed E-state index contributed by atoms with van der Waals surface area (Å²) in [5, 5.41) is 10.9. The van der Waals surface area contributed by atoms with E-state index in [9.17, 15) is 18.7 Å². The molecule has 3 fully saturated rings. The lowest BCUT2D eigenvalue weighted by atomic mass is 9.46. The Kier molecular flexibility index (Phi) is 3.50. The number of halogens is 2. The van der Waals surface area contributed by atoms with Crippen LogP contribution in [-0.4, -0.2) is 22.4 Å². The van der Waals surface area contributed by atoms with Crippen LogP contribution in [0, 0.1) is 28.6 Å². The Hall–Kier alpha value is -1.03. The molecule has 4 aliphatic rings. The third-order valence-electron chi connectivity index (χ3n) is 8.55. The van der Waals surface area contributed by atoms with E-state index in [0.717, 1.165) is 31.8 Å². The maximum absolute atomic E-state index is 14.8. The van der Waals surface area contributed by atoms with Crippen LogP contribution in [0.5, 0.6) is 0 Å². The molecule has 0 radical (unpaired) electrons. The summed E-state index contributed by atoms with van der Waals surface area (Å²) in [5.74, 6) is -2.58. The van der Waals surface area contributed by atoms with Gasteiger partial charge in [0.05, 0.1) is 0 Å². The van der Waals surface area contributed by atoms with Crippen molar-refractivity contribution in [2.75, 3.05) is 0 Å². The summed E-state index contributed by atoms with van der Waals surface area (Å²) in [6, 6.07) is 0. The molecule has 0 aromatic carbocycles. The second kappa shape index (κ2) is 5.03. The van der Waals surface area contributed by atoms with Crippen LogP contribution in [-0.2, 0) is 4.79 Å². The lowest BCUT2D eigenvalue weighted by molar-refractivity contribution is -0.181. The van der Waals surface area contributed by atoms with E-state index in [2.05, 4.69) is 13.5 Å². The number of alkyl halides is 2. The summed E-state index contributed by atoms with van der Waals surface area (Å²) in [6.07, 6.45) is 7.19. The van der Waals surface area contributed by atoms with Crippen molar-refractivity contribution in [3.8, 4) is 0 Å². The predicted octanol–water partition coefficient (Wildman–Crippen LogP) is 4.68. The second-order valence-electron chi connectivity index (χ2n) is 9.30. The number of hydrogen-bond donors (Lipinski definition) is 1. The van der Waals surface area contributed by atoms with Gasteiger partial charge in [-0.25, -0.2) is 8.78 Å². The number of carbonyl (C=O) groups is 1. The first-order valence-electron chi connectivity index (χ1n) is 9.57. The molecule has 4 aliphatic carbocycles. The predicted molar refractivity (Wildman–Crippen MR) is 92.2 cm³/mol. The summed E-state index contributed by atoms with van der Waals surface area (Å²) >= 11 is 0. The SMILES string of the molecule is C=C[C@]1(O)C(F)(F)C[C@H]2[C@@H]3CCC4=CC(=O)CC[C@]4(C)[C@H]3CC[C@@]21C. The van der Waals surface area contributed by atoms with Gasteiger partial charge in [0.25, 0.3) is 5.92 Å². The van der Waals surface area contributed by atoms with Gasteiger partial charge in [-0.05, 0) is 61.3 Å². The van der Waals surface area contributed by atoms with Crippen molar-refractivity contribution in [2.45, 2.75) is 70.3 Å². The van der Waals surface area contributed by atoms with E-state index in [1.807, 2.05) is 13.0 Å². The van der Waals surface area contributed by atoms with Gasteiger partial charge in [0, 0.05) is 18.3 Å². The minimum Gasteiger partial charge on any atom is -0.379 e. The number of allylic oxidation sites excluding steroid dienone is 1. The van der Waals surface area contributed by atoms with E-state index < -0.39 is 16.9 Å². The number of aliphatic hydroxyl groups is 1. The first-order valence-corrected chi connectivity index (χ1v) is 9.57. The summed E-state index contributed by atoms with van der Waals surface area (Å²) in [4.78, 5) is 11.8. The van der Waals surface area contributed by atoms with Gasteiger partial charge in [-0.3, -0.25) is 4.79 Å². The van der Waals surface area contributed by atoms with Crippen LogP contribution >= 0.6 is 0 Å². The van der Waals surface area contributed by atoms with E-state index in [4.69, 9.17) is 0 Å². The van der Waals surface area contributed by atoms with Crippen molar-refractivity contribution in [3.63, 3.8) is 0 Å². The van der Waals surface area contributed by atoms with Crippen LogP contribution in [0.25, 0.3) is 0 Å². The van der Waals surface area contributed by atoms with Gasteiger partial charge in [0.1, 0.15) is 0 Å². The van der Waals surface area contributed by atoms with E-state index in [-0.39, 0.29) is 29.5 Å². The zero-order valence-corrected chi connectivity index (χ0v) is 15.2. The van der Waals surface area contributed by atoms with Crippen molar-refractivity contribution in [2.24, 2.45) is 28.6 Å².